The molecule has 7 heteroatoms. The highest BCUT2D eigenvalue weighted by molar-refractivity contribution is 6.30. The minimum Gasteiger partial charge on any atom is -0.454 e. The van der Waals surface area contributed by atoms with Crippen molar-refractivity contribution < 1.29 is 23.9 Å². The molecule has 2 saturated carbocycles. The number of nitrogens with zero attached hydrogens (tertiary/aromatic N) is 1. The van der Waals surface area contributed by atoms with Crippen molar-refractivity contribution >= 4 is 40.9 Å². The average molecular weight is 514 g/mol. The Labute approximate surface area is 219 Å². The van der Waals surface area contributed by atoms with Crippen molar-refractivity contribution in [1.82, 2.24) is 0 Å². The van der Waals surface area contributed by atoms with Gasteiger partial charge in [0.25, 0.3) is 0 Å². The van der Waals surface area contributed by atoms with Crippen molar-refractivity contribution in [2.45, 2.75) is 18.8 Å². The lowest BCUT2D eigenvalue weighted by atomic mass is 9.73. The molecular weight excluding hydrogens is 490 g/mol. The number of esters is 1. The molecule has 0 spiro atoms. The number of hydrogen-bond donors (Lipinski definition) is 0. The fraction of sp³-hybridized carbons (Fsp3) is 0.267. The Bertz CT molecular complexity index is 1400. The number of halogens is 1. The molecule has 2 bridgehead atoms. The fourth-order valence-electron chi connectivity index (χ4n) is 6.50. The summed E-state index contributed by atoms with van der Waals surface area (Å²) >= 11 is 5.85. The minimum atomic E-state index is -0.701. The molecule has 6 nitrogen and oxygen atoms in total. The predicted molar refractivity (Wildman–Crippen MR) is 137 cm³/mol. The summed E-state index contributed by atoms with van der Waals surface area (Å²) in [5.74, 6) is -1.45. The van der Waals surface area contributed by atoms with Crippen LogP contribution in [0.4, 0.5) is 5.69 Å². The van der Waals surface area contributed by atoms with Gasteiger partial charge in [0, 0.05) is 10.6 Å². The van der Waals surface area contributed by atoms with Gasteiger partial charge in [0.1, 0.15) is 0 Å². The number of hydrogen-bond acceptors (Lipinski definition) is 5. The van der Waals surface area contributed by atoms with Crippen LogP contribution in [0.2, 0.25) is 5.02 Å². The van der Waals surface area contributed by atoms with E-state index in [9.17, 15) is 19.2 Å². The van der Waals surface area contributed by atoms with Crippen molar-refractivity contribution in [3.8, 4) is 0 Å². The second kappa shape index (κ2) is 9.27. The number of anilines is 1. The number of carbonyl (C=O) groups excluding carboxylic acids is 4. The summed E-state index contributed by atoms with van der Waals surface area (Å²) in [5.41, 5.74) is 2.14. The summed E-state index contributed by atoms with van der Waals surface area (Å²) in [6.45, 7) is -0.430. The number of benzene rings is 3. The number of rotatable bonds is 6. The third kappa shape index (κ3) is 4.05. The molecule has 0 aromatic heterocycles. The van der Waals surface area contributed by atoms with E-state index in [1.807, 2.05) is 18.2 Å². The molecule has 3 aromatic rings. The Balaban J connectivity index is 1.18. The first-order chi connectivity index (χ1) is 17.9. The normalized spacial score (nSPS) is 25.9. The molecule has 1 aliphatic heterocycles. The summed E-state index contributed by atoms with van der Waals surface area (Å²) in [6, 6.07) is 22.8. The van der Waals surface area contributed by atoms with Crippen LogP contribution in [0.3, 0.4) is 0 Å². The first-order valence-electron chi connectivity index (χ1n) is 12.4. The van der Waals surface area contributed by atoms with Gasteiger partial charge in [-0.2, -0.15) is 0 Å². The SMILES string of the molecule is O=C(COC(=O)c1cccc(N2C(=O)[C@@H]3[C@@H]4C[C@@H]([C@@H]3C2=O)[C@@H](c2ccccc2)C4)c1)c1ccc(Cl)cc1. The van der Waals surface area contributed by atoms with Crippen molar-refractivity contribution in [3.63, 3.8) is 0 Å². The molecule has 1 saturated heterocycles. The maximum atomic E-state index is 13.6. The number of carbonyl (C=O) groups is 4. The lowest BCUT2D eigenvalue weighted by Crippen LogP contribution is -2.33. The Kier molecular flexibility index (Phi) is 5.92. The van der Waals surface area contributed by atoms with Gasteiger partial charge in [0.15, 0.2) is 12.4 Å². The second-order valence-corrected chi connectivity index (χ2v) is 10.5. The first kappa shape index (κ1) is 23.6. The van der Waals surface area contributed by atoms with E-state index in [2.05, 4.69) is 12.1 Å². The molecule has 0 unspecified atom stereocenters. The topological polar surface area (TPSA) is 80.8 Å². The lowest BCUT2D eigenvalue weighted by Gasteiger charge is -2.28. The molecule has 1 heterocycles. The summed E-state index contributed by atoms with van der Waals surface area (Å²) in [6.07, 6.45) is 1.81. The Hall–Kier alpha value is -3.77. The van der Waals surface area contributed by atoms with E-state index >= 15 is 0 Å². The largest absolute Gasteiger partial charge is 0.454 e. The lowest BCUT2D eigenvalue weighted by molar-refractivity contribution is -0.123. The van der Waals surface area contributed by atoms with Gasteiger partial charge in [-0.1, -0.05) is 48.0 Å². The molecule has 3 aliphatic rings. The Morgan fingerprint density at radius 1 is 0.838 bits per heavy atom. The molecule has 3 aromatic carbocycles. The van der Waals surface area contributed by atoms with Gasteiger partial charge in [-0.25, -0.2) is 4.79 Å². The van der Waals surface area contributed by atoms with Gasteiger partial charge < -0.3 is 4.74 Å². The predicted octanol–water partition coefficient (Wildman–Crippen LogP) is 5.31. The van der Waals surface area contributed by atoms with E-state index in [1.165, 1.54) is 16.5 Å². The van der Waals surface area contributed by atoms with Crippen LogP contribution in [0, 0.1) is 23.7 Å². The molecule has 6 rings (SSSR count). The van der Waals surface area contributed by atoms with Gasteiger partial charge >= 0.3 is 5.97 Å². The van der Waals surface area contributed by atoms with Gasteiger partial charge in [-0.15, -0.1) is 0 Å². The third-order valence-corrected chi connectivity index (χ3v) is 8.34. The monoisotopic (exact) mass is 513 g/mol. The van der Waals surface area contributed by atoms with E-state index in [0.29, 0.717) is 16.3 Å². The van der Waals surface area contributed by atoms with E-state index in [-0.39, 0.29) is 52.8 Å². The van der Waals surface area contributed by atoms with Crippen LogP contribution in [0.1, 0.15) is 45.0 Å². The number of amides is 2. The van der Waals surface area contributed by atoms with Gasteiger partial charge in [-0.3, -0.25) is 19.3 Å². The van der Waals surface area contributed by atoms with Gasteiger partial charge in [0.05, 0.1) is 23.1 Å². The molecule has 37 heavy (non-hydrogen) atoms. The highest BCUT2D eigenvalue weighted by Crippen LogP contribution is 2.61. The standard InChI is InChI=1S/C30H24ClNO5/c31-21-11-9-18(10-12-21)25(33)16-37-30(36)19-7-4-8-22(13-19)32-28(34)26-20-14-23(17-5-2-1-3-6-17)24(15-20)27(26)29(32)35/h1-13,20,23-24,26-27H,14-16H2/t20-,23+,24+,26+,27-/m0/s1. The van der Waals surface area contributed by atoms with Crippen LogP contribution in [0.25, 0.3) is 0 Å². The Morgan fingerprint density at radius 2 is 1.57 bits per heavy atom. The van der Waals surface area contributed by atoms with Crippen LogP contribution in [-0.2, 0) is 14.3 Å². The number of fused-ring (bicyclic) bond motifs is 5. The van der Waals surface area contributed by atoms with Crippen molar-refractivity contribution in [2.24, 2.45) is 23.7 Å². The maximum absolute atomic E-state index is 13.6. The highest BCUT2D eigenvalue weighted by Gasteiger charge is 2.64. The fourth-order valence-corrected chi connectivity index (χ4v) is 6.63. The summed E-state index contributed by atoms with van der Waals surface area (Å²) < 4.78 is 5.22. The van der Waals surface area contributed by atoms with Crippen molar-refractivity contribution in [2.75, 3.05) is 11.5 Å². The zero-order valence-electron chi connectivity index (χ0n) is 19.9. The van der Waals surface area contributed by atoms with Crippen LogP contribution in [0.15, 0.2) is 78.9 Å². The van der Waals surface area contributed by atoms with Gasteiger partial charge in [0.2, 0.25) is 11.8 Å². The zero-order valence-corrected chi connectivity index (χ0v) is 20.6. The molecule has 186 valence electrons. The molecule has 3 fully saturated rings. The van der Waals surface area contributed by atoms with Crippen LogP contribution < -0.4 is 4.90 Å². The third-order valence-electron chi connectivity index (χ3n) is 8.08. The molecule has 0 N–H and O–H groups in total. The zero-order chi connectivity index (χ0) is 25.7. The molecule has 2 amide bonds. The Morgan fingerprint density at radius 3 is 2.32 bits per heavy atom. The number of ketones is 1. The average Bonchev–Trinajstić information content (AvgIpc) is 3.59. The van der Waals surface area contributed by atoms with Crippen LogP contribution in [-0.4, -0.2) is 30.2 Å². The number of ether oxygens (including phenoxy) is 1. The van der Waals surface area contributed by atoms with E-state index < -0.39 is 12.6 Å². The van der Waals surface area contributed by atoms with Crippen molar-refractivity contribution in [3.05, 3.63) is 101 Å². The quantitative estimate of drug-likeness (QED) is 0.253. The maximum Gasteiger partial charge on any atom is 0.338 e. The molecular formula is C30H24ClNO5. The number of imide groups is 1. The molecule has 2 aliphatic carbocycles. The first-order valence-corrected chi connectivity index (χ1v) is 12.8. The van der Waals surface area contributed by atoms with Gasteiger partial charge in [-0.05, 0) is 78.6 Å². The van der Waals surface area contributed by atoms with E-state index in [4.69, 9.17) is 16.3 Å². The second-order valence-electron chi connectivity index (χ2n) is 10.0. The summed E-state index contributed by atoms with van der Waals surface area (Å²) in [4.78, 5) is 53.3. The molecule has 5 atom stereocenters. The minimum absolute atomic E-state index is 0.144. The number of Topliss-reactive ketones (excluding diaryl/α,β-unsaturated/α-hetero) is 1. The van der Waals surface area contributed by atoms with Crippen LogP contribution in [0.5, 0.6) is 0 Å². The summed E-state index contributed by atoms with van der Waals surface area (Å²) in [5, 5.41) is 0.504. The summed E-state index contributed by atoms with van der Waals surface area (Å²) in [7, 11) is 0. The van der Waals surface area contributed by atoms with Crippen molar-refractivity contribution in [1.29, 1.82) is 0 Å². The molecule has 0 radical (unpaired) electrons. The highest BCUT2D eigenvalue weighted by atomic mass is 35.5. The van der Waals surface area contributed by atoms with E-state index in [0.717, 1.165) is 12.8 Å². The smallest absolute Gasteiger partial charge is 0.338 e. The van der Waals surface area contributed by atoms with Crippen LogP contribution >= 0.6 is 11.6 Å². The van der Waals surface area contributed by atoms with E-state index in [1.54, 1.807) is 42.5 Å².